The number of rotatable bonds is 3. The lowest BCUT2D eigenvalue weighted by atomic mass is 10.2. The molecule has 100 valence electrons. The van der Waals surface area contributed by atoms with Gasteiger partial charge in [0.15, 0.2) is 0 Å². The van der Waals surface area contributed by atoms with Crippen LogP contribution in [0.1, 0.15) is 12.0 Å². The molecule has 7 nitrogen and oxygen atoms in total. The predicted octanol–water partition coefficient (Wildman–Crippen LogP) is 0.739. The molecule has 0 fully saturated rings. The highest BCUT2D eigenvalue weighted by Gasteiger charge is 2.10. The van der Waals surface area contributed by atoms with Gasteiger partial charge in [-0.25, -0.2) is 5.43 Å². The number of hydrogen-bond acceptors (Lipinski definition) is 6. The summed E-state index contributed by atoms with van der Waals surface area (Å²) in [5.41, 5.74) is 7.82. The van der Waals surface area contributed by atoms with Crippen molar-refractivity contribution >= 4 is 29.0 Å². The zero-order valence-corrected chi connectivity index (χ0v) is 10.3. The van der Waals surface area contributed by atoms with Crippen molar-refractivity contribution in [3.63, 3.8) is 0 Å². The molecular formula is C13H10N4O3. The van der Waals surface area contributed by atoms with Crippen molar-refractivity contribution in [3.05, 3.63) is 40.1 Å². The molecule has 0 saturated heterocycles. The summed E-state index contributed by atoms with van der Waals surface area (Å²) in [5, 5.41) is 12.3. The van der Waals surface area contributed by atoms with Gasteiger partial charge in [0.2, 0.25) is 11.3 Å². The van der Waals surface area contributed by atoms with Crippen LogP contribution in [-0.2, 0) is 4.79 Å². The SMILES string of the molecule is N#CCC(=O)N/N=C/c1c(N)oc2ccccc2c1=O. The number of nitrogens with zero attached hydrogens (tertiary/aromatic N) is 2. The highest BCUT2D eigenvalue weighted by Crippen LogP contribution is 2.15. The summed E-state index contributed by atoms with van der Waals surface area (Å²) >= 11 is 0. The zero-order chi connectivity index (χ0) is 14.5. The van der Waals surface area contributed by atoms with Gasteiger partial charge >= 0.3 is 0 Å². The number of carbonyl (C=O) groups excluding carboxylic acids is 1. The number of nitrogens with two attached hydrogens (primary N) is 1. The zero-order valence-electron chi connectivity index (χ0n) is 10.3. The van der Waals surface area contributed by atoms with Crippen molar-refractivity contribution in [3.8, 4) is 6.07 Å². The first-order chi connectivity index (χ1) is 9.63. The number of nitrogens with one attached hydrogen (secondary N) is 1. The fourth-order valence-corrected chi connectivity index (χ4v) is 1.58. The Kier molecular flexibility index (Phi) is 3.77. The van der Waals surface area contributed by atoms with E-state index in [-0.39, 0.29) is 23.3 Å². The third-order valence-electron chi connectivity index (χ3n) is 2.48. The van der Waals surface area contributed by atoms with Crippen LogP contribution in [0, 0.1) is 11.3 Å². The summed E-state index contributed by atoms with van der Waals surface area (Å²) in [4.78, 5) is 23.2. The number of hydrazone groups is 1. The minimum absolute atomic E-state index is 0.0426. The maximum atomic E-state index is 12.2. The minimum Gasteiger partial charge on any atom is -0.440 e. The number of nitrogen functional groups attached to an aromatic ring is 1. The molecule has 2 aromatic rings. The van der Waals surface area contributed by atoms with Crippen LogP contribution in [0.3, 0.4) is 0 Å². The van der Waals surface area contributed by atoms with Crippen LogP contribution in [0.15, 0.2) is 38.6 Å². The van der Waals surface area contributed by atoms with Gasteiger partial charge in [0.1, 0.15) is 17.6 Å². The fraction of sp³-hybridized carbons (Fsp3) is 0.0769. The molecule has 3 N–H and O–H groups in total. The average Bonchev–Trinajstić information content (AvgIpc) is 2.43. The Labute approximate surface area is 113 Å². The Morgan fingerprint density at radius 2 is 2.25 bits per heavy atom. The normalized spacial score (nSPS) is 10.6. The second kappa shape index (κ2) is 5.67. The molecule has 0 aliphatic carbocycles. The van der Waals surface area contributed by atoms with Gasteiger partial charge in [-0.15, -0.1) is 0 Å². The molecule has 2 rings (SSSR count). The molecule has 0 aliphatic heterocycles. The van der Waals surface area contributed by atoms with E-state index in [4.69, 9.17) is 15.4 Å². The van der Waals surface area contributed by atoms with Gasteiger partial charge in [-0.1, -0.05) is 12.1 Å². The fourth-order valence-electron chi connectivity index (χ4n) is 1.58. The Balaban J connectivity index is 2.36. The second-order valence-corrected chi connectivity index (χ2v) is 3.83. The molecule has 1 amide bonds. The van der Waals surface area contributed by atoms with Gasteiger partial charge in [-0.05, 0) is 12.1 Å². The number of anilines is 1. The average molecular weight is 270 g/mol. The van der Waals surface area contributed by atoms with E-state index in [1.54, 1.807) is 30.3 Å². The van der Waals surface area contributed by atoms with Gasteiger partial charge in [-0.3, -0.25) is 9.59 Å². The van der Waals surface area contributed by atoms with E-state index in [1.165, 1.54) is 0 Å². The molecule has 0 atom stereocenters. The van der Waals surface area contributed by atoms with Crippen LogP contribution in [0.2, 0.25) is 0 Å². The molecule has 0 radical (unpaired) electrons. The highest BCUT2D eigenvalue weighted by molar-refractivity contribution is 5.91. The summed E-state index contributed by atoms with van der Waals surface area (Å²) in [7, 11) is 0. The lowest BCUT2D eigenvalue weighted by molar-refractivity contribution is -0.120. The topological polar surface area (TPSA) is 121 Å². The number of amides is 1. The number of fused-ring (bicyclic) bond motifs is 1. The Hall–Kier alpha value is -3.14. The molecule has 1 heterocycles. The molecule has 1 aromatic heterocycles. The standard InChI is InChI=1S/C13H10N4O3/c14-6-5-11(18)17-16-7-9-12(19)8-3-1-2-4-10(8)20-13(9)15/h1-4,7H,5,15H2,(H,17,18)/b16-7+. The van der Waals surface area contributed by atoms with E-state index in [0.29, 0.717) is 11.0 Å². The van der Waals surface area contributed by atoms with E-state index in [2.05, 4.69) is 10.5 Å². The largest absolute Gasteiger partial charge is 0.440 e. The van der Waals surface area contributed by atoms with E-state index >= 15 is 0 Å². The number of para-hydroxylation sites is 1. The van der Waals surface area contributed by atoms with Crippen LogP contribution >= 0.6 is 0 Å². The maximum Gasteiger partial charge on any atom is 0.254 e. The third kappa shape index (κ3) is 2.64. The first-order valence-corrected chi connectivity index (χ1v) is 5.63. The monoisotopic (exact) mass is 270 g/mol. The van der Waals surface area contributed by atoms with E-state index in [0.717, 1.165) is 6.21 Å². The smallest absolute Gasteiger partial charge is 0.254 e. The van der Waals surface area contributed by atoms with Crippen molar-refractivity contribution < 1.29 is 9.21 Å². The van der Waals surface area contributed by atoms with E-state index < -0.39 is 5.91 Å². The molecule has 0 unspecified atom stereocenters. The van der Waals surface area contributed by atoms with Crippen molar-refractivity contribution in [1.29, 1.82) is 5.26 Å². The highest BCUT2D eigenvalue weighted by atomic mass is 16.3. The number of benzene rings is 1. The van der Waals surface area contributed by atoms with E-state index in [9.17, 15) is 9.59 Å². The predicted molar refractivity (Wildman–Crippen MR) is 72.9 cm³/mol. The molecular weight excluding hydrogens is 260 g/mol. The van der Waals surface area contributed by atoms with Crippen molar-refractivity contribution in [2.75, 3.05) is 5.73 Å². The first-order valence-electron chi connectivity index (χ1n) is 5.63. The number of hydrogen-bond donors (Lipinski definition) is 2. The summed E-state index contributed by atoms with van der Waals surface area (Å²) < 4.78 is 5.30. The summed E-state index contributed by atoms with van der Waals surface area (Å²) in [6, 6.07) is 8.33. The van der Waals surface area contributed by atoms with Crippen molar-refractivity contribution in [1.82, 2.24) is 5.43 Å². The lowest BCUT2D eigenvalue weighted by Gasteiger charge is -2.02. The number of nitriles is 1. The molecule has 0 saturated carbocycles. The maximum absolute atomic E-state index is 12.2. The van der Waals surface area contributed by atoms with Crippen LogP contribution in [-0.4, -0.2) is 12.1 Å². The molecule has 0 aliphatic rings. The van der Waals surface area contributed by atoms with Crippen molar-refractivity contribution in [2.24, 2.45) is 5.10 Å². The van der Waals surface area contributed by atoms with Gasteiger partial charge in [-0.2, -0.15) is 10.4 Å². The van der Waals surface area contributed by atoms with Gasteiger partial charge < -0.3 is 10.2 Å². The molecule has 0 spiro atoms. The van der Waals surface area contributed by atoms with Gasteiger partial charge in [0.05, 0.1) is 17.7 Å². The lowest BCUT2D eigenvalue weighted by Crippen LogP contribution is -2.18. The minimum atomic E-state index is -0.576. The van der Waals surface area contributed by atoms with Gasteiger partial charge in [0, 0.05) is 0 Å². The van der Waals surface area contributed by atoms with Gasteiger partial charge in [0.25, 0.3) is 5.91 Å². The van der Waals surface area contributed by atoms with Crippen LogP contribution in [0.4, 0.5) is 5.88 Å². The molecule has 20 heavy (non-hydrogen) atoms. The third-order valence-corrected chi connectivity index (χ3v) is 2.48. The quantitative estimate of drug-likeness (QED) is 0.629. The number of carbonyl (C=O) groups is 1. The summed E-state index contributed by atoms with van der Waals surface area (Å²) in [6.45, 7) is 0. The Bertz CT molecular complexity index is 786. The van der Waals surface area contributed by atoms with Crippen LogP contribution in [0.25, 0.3) is 11.0 Å². The summed E-state index contributed by atoms with van der Waals surface area (Å²) in [5.74, 6) is -0.667. The summed E-state index contributed by atoms with van der Waals surface area (Å²) in [6.07, 6.45) is 0.780. The van der Waals surface area contributed by atoms with E-state index in [1.807, 2.05) is 0 Å². The molecule has 1 aromatic carbocycles. The Morgan fingerprint density at radius 3 is 3.00 bits per heavy atom. The molecule has 7 heteroatoms. The van der Waals surface area contributed by atoms with Crippen LogP contribution < -0.4 is 16.6 Å². The van der Waals surface area contributed by atoms with Crippen LogP contribution in [0.5, 0.6) is 0 Å². The van der Waals surface area contributed by atoms with Crippen molar-refractivity contribution in [2.45, 2.75) is 6.42 Å². The second-order valence-electron chi connectivity index (χ2n) is 3.83. The Morgan fingerprint density at radius 1 is 1.50 bits per heavy atom. The first kappa shape index (κ1) is 13.3. The molecule has 0 bridgehead atoms.